The molecule has 5 heteroatoms. The molecule has 0 unspecified atom stereocenters. The fourth-order valence-electron chi connectivity index (χ4n) is 2.95. The number of anilines is 1. The summed E-state index contributed by atoms with van der Waals surface area (Å²) in [6, 6.07) is 23.2. The predicted molar refractivity (Wildman–Crippen MR) is 100 cm³/mol. The third-order valence-electron chi connectivity index (χ3n) is 4.13. The second-order valence-corrected chi connectivity index (χ2v) is 5.90. The van der Waals surface area contributed by atoms with Crippen LogP contribution in [0, 0.1) is 5.82 Å². The fraction of sp³-hybridized carbons (Fsp3) is 0.0476. The van der Waals surface area contributed by atoms with E-state index in [1.165, 1.54) is 6.07 Å². The van der Waals surface area contributed by atoms with Gasteiger partial charge in [-0.15, -0.1) is 0 Å². The highest BCUT2D eigenvalue weighted by Gasteiger charge is 2.17. The molecule has 128 valence electrons. The molecule has 0 fully saturated rings. The van der Waals surface area contributed by atoms with Gasteiger partial charge in [0.2, 0.25) is 5.91 Å². The van der Waals surface area contributed by atoms with Gasteiger partial charge in [0.15, 0.2) is 0 Å². The lowest BCUT2D eigenvalue weighted by Gasteiger charge is -2.10. The number of benzene rings is 3. The molecule has 3 aromatic carbocycles. The molecule has 1 aromatic heterocycles. The van der Waals surface area contributed by atoms with E-state index in [1.807, 2.05) is 54.6 Å². The van der Waals surface area contributed by atoms with Crippen LogP contribution >= 0.6 is 0 Å². The number of para-hydroxylation sites is 3. The largest absolute Gasteiger partial charge is 0.325 e. The van der Waals surface area contributed by atoms with Crippen LogP contribution < -0.4 is 5.32 Å². The minimum absolute atomic E-state index is 0.0407. The first kappa shape index (κ1) is 16.0. The lowest BCUT2D eigenvalue weighted by atomic mass is 10.2. The summed E-state index contributed by atoms with van der Waals surface area (Å²) in [5.41, 5.74) is 2.60. The van der Waals surface area contributed by atoms with E-state index in [4.69, 9.17) is 0 Å². The van der Waals surface area contributed by atoms with Crippen molar-refractivity contribution < 1.29 is 9.18 Å². The number of imidazole rings is 1. The first-order valence-corrected chi connectivity index (χ1v) is 8.27. The minimum atomic E-state index is -0.368. The fourth-order valence-corrected chi connectivity index (χ4v) is 2.95. The van der Waals surface area contributed by atoms with Crippen LogP contribution in [0.3, 0.4) is 0 Å². The Bertz CT molecular complexity index is 1070. The van der Waals surface area contributed by atoms with Crippen LogP contribution in [0.25, 0.3) is 22.4 Å². The van der Waals surface area contributed by atoms with Crippen molar-refractivity contribution in [3.05, 3.63) is 84.7 Å². The summed E-state index contributed by atoms with van der Waals surface area (Å²) in [7, 11) is 0. The average molecular weight is 345 g/mol. The van der Waals surface area contributed by atoms with Gasteiger partial charge < -0.3 is 9.88 Å². The third kappa shape index (κ3) is 3.07. The molecule has 0 saturated carbocycles. The average Bonchev–Trinajstić information content (AvgIpc) is 3.01. The number of carbonyl (C=O) groups is 1. The Morgan fingerprint density at radius 3 is 2.42 bits per heavy atom. The maximum absolute atomic E-state index is 14.3. The van der Waals surface area contributed by atoms with E-state index in [2.05, 4.69) is 10.3 Å². The maximum Gasteiger partial charge on any atom is 0.244 e. The Kier molecular flexibility index (Phi) is 4.19. The summed E-state index contributed by atoms with van der Waals surface area (Å²) in [6.45, 7) is 0.0407. The van der Waals surface area contributed by atoms with Crippen molar-refractivity contribution in [2.24, 2.45) is 0 Å². The molecule has 0 bridgehead atoms. The van der Waals surface area contributed by atoms with Gasteiger partial charge in [-0.2, -0.15) is 0 Å². The van der Waals surface area contributed by atoms with Gasteiger partial charge in [0.05, 0.1) is 16.6 Å². The number of hydrogen-bond donors (Lipinski definition) is 1. The molecular weight excluding hydrogens is 329 g/mol. The van der Waals surface area contributed by atoms with Crippen molar-refractivity contribution in [2.75, 3.05) is 5.32 Å². The monoisotopic (exact) mass is 345 g/mol. The molecule has 4 aromatic rings. The van der Waals surface area contributed by atoms with Gasteiger partial charge in [-0.3, -0.25) is 4.79 Å². The number of halogens is 1. The van der Waals surface area contributed by atoms with Crippen LogP contribution in [0.1, 0.15) is 0 Å². The highest BCUT2D eigenvalue weighted by Crippen LogP contribution is 2.26. The lowest BCUT2D eigenvalue weighted by molar-refractivity contribution is -0.116. The van der Waals surface area contributed by atoms with Gasteiger partial charge in [-0.25, -0.2) is 9.37 Å². The smallest absolute Gasteiger partial charge is 0.244 e. The lowest BCUT2D eigenvalue weighted by Crippen LogP contribution is -2.19. The molecule has 0 atom stereocenters. The summed E-state index contributed by atoms with van der Waals surface area (Å²) >= 11 is 0. The Labute approximate surface area is 149 Å². The van der Waals surface area contributed by atoms with E-state index in [1.54, 1.807) is 22.8 Å². The van der Waals surface area contributed by atoms with E-state index < -0.39 is 0 Å². The van der Waals surface area contributed by atoms with Gasteiger partial charge in [0.1, 0.15) is 18.2 Å². The van der Waals surface area contributed by atoms with Gasteiger partial charge >= 0.3 is 0 Å². The van der Waals surface area contributed by atoms with Gasteiger partial charge in [0, 0.05) is 5.69 Å². The summed E-state index contributed by atoms with van der Waals surface area (Å²) < 4.78 is 16.1. The summed E-state index contributed by atoms with van der Waals surface area (Å²) in [4.78, 5) is 17.1. The van der Waals surface area contributed by atoms with Crippen molar-refractivity contribution >= 4 is 22.6 Å². The van der Waals surface area contributed by atoms with Crippen LogP contribution in [-0.2, 0) is 11.3 Å². The molecule has 0 radical (unpaired) electrons. The molecule has 0 aliphatic rings. The highest BCUT2D eigenvalue weighted by molar-refractivity contribution is 5.92. The quantitative estimate of drug-likeness (QED) is 0.593. The Balaban J connectivity index is 1.75. The molecule has 4 nitrogen and oxygen atoms in total. The Hall–Kier alpha value is -3.47. The van der Waals surface area contributed by atoms with Crippen LogP contribution in [0.15, 0.2) is 78.9 Å². The van der Waals surface area contributed by atoms with Gasteiger partial charge in [0.25, 0.3) is 0 Å². The molecular formula is C21H16FN3O. The first-order valence-electron chi connectivity index (χ1n) is 8.27. The standard InChI is InChI=1S/C21H16FN3O/c22-17-11-5-4-10-16(17)21-24-18-12-6-7-13-19(18)25(21)14-20(26)23-15-8-2-1-3-9-15/h1-13H,14H2,(H,23,26). The number of nitrogens with zero attached hydrogens (tertiary/aromatic N) is 2. The second-order valence-electron chi connectivity index (χ2n) is 5.90. The number of hydrogen-bond acceptors (Lipinski definition) is 2. The molecule has 0 saturated heterocycles. The molecule has 4 rings (SSSR count). The van der Waals surface area contributed by atoms with E-state index in [9.17, 15) is 9.18 Å². The SMILES string of the molecule is O=C(Cn1c(-c2ccccc2F)nc2ccccc21)Nc1ccccc1. The van der Waals surface area contributed by atoms with Crippen molar-refractivity contribution in [2.45, 2.75) is 6.54 Å². The molecule has 26 heavy (non-hydrogen) atoms. The van der Waals surface area contributed by atoms with Crippen molar-refractivity contribution in [3.8, 4) is 11.4 Å². The van der Waals surface area contributed by atoms with E-state index in [-0.39, 0.29) is 18.3 Å². The minimum Gasteiger partial charge on any atom is -0.325 e. The first-order chi connectivity index (χ1) is 12.7. The summed E-state index contributed by atoms with van der Waals surface area (Å²) in [5, 5.41) is 2.86. The zero-order chi connectivity index (χ0) is 17.9. The number of nitrogens with one attached hydrogen (secondary N) is 1. The zero-order valence-corrected chi connectivity index (χ0v) is 13.9. The van der Waals surface area contributed by atoms with Crippen molar-refractivity contribution in [3.63, 3.8) is 0 Å². The molecule has 0 spiro atoms. The topological polar surface area (TPSA) is 46.9 Å². The molecule has 1 heterocycles. The number of carbonyl (C=O) groups excluding carboxylic acids is 1. The number of fused-ring (bicyclic) bond motifs is 1. The number of rotatable bonds is 4. The summed E-state index contributed by atoms with van der Waals surface area (Å²) in [6.07, 6.45) is 0. The Morgan fingerprint density at radius 2 is 1.62 bits per heavy atom. The zero-order valence-electron chi connectivity index (χ0n) is 13.9. The molecule has 0 aliphatic carbocycles. The van der Waals surface area contributed by atoms with Crippen LogP contribution in [0.4, 0.5) is 10.1 Å². The maximum atomic E-state index is 14.3. The second kappa shape index (κ2) is 6.80. The van der Waals surface area contributed by atoms with Gasteiger partial charge in [-0.1, -0.05) is 42.5 Å². The van der Waals surface area contributed by atoms with Crippen LogP contribution in [0.5, 0.6) is 0 Å². The van der Waals surface area contributed by atoms with E-state index >= 15 is 0 Å². The normalized spacial score (nSPS) is 10.8. The highest BCUT2D eigenvalue weighted by atomic mass is 19.1. The third-order valence-corrected chi connectivity index (χ3v) is 4.13. The Morgan fingerprint density at radius 1 is 0.923 bits per heavy atom. The van der Waals surface area contributed by atoms with Crippen molar-refractivity contribution in [1.29, 1.82) is 0 Å². The van der Waals surface area contributed by atoms with E-state index in [0.717, 1.165) is 16.7 Å². The predicted octanol–water partition coefficient (Wildman–Crippen LogP) is 4.48. The molecule has 1 amide bonds. The molecule has 0 aliphatic heterocycles. The van der Waals surface area contributed by atoms with Crippen LogP contribution in [0.2, 0.25) is 0 Å². The number of amides is 1. The van der Waals surface area contributed by atoms with E-state index in [0.29, 0.717) is 11.4 Å². The summed E-state index contributed by atoms with van der Waals surface area (Å²) in [5.74, 6) is -0.128. The molecule has 1 N–H and O–H groups in total. The van der Waals surface area contributed by atoms with Crippen molar-refractivity contribution in [1.82, 2.24) is 9.55 Å². The van der Waals surface area contributed by atoms with Crippen LogP contribution in [-0.4, -0.2) is 15.5 Å². The number of aromatic nitrogens is 2. The van der Waals surface area contributed by atoms with Gasteiger partial charge in [-0.05, 0) is 36.4 Å².